The molecule has 1 amide bonds. The van der Waals surface area contributed by atoms with Gasteiger partial charge in [0.1, 0.15) is 0 Å². The fourth-order valence-corrected chi connectivity index (χ4v) is 3.98. The highest BCUT2D eigenvalue weighted by molar-refractivity contribution is 5.95. The SMILES string of the molecule is O=C(c1ccc(-c2cc(F)c(F)c(F)c2)cc1)N1CCC(N2CCNCC2)C1. The molecule has 0 radical (unpaired) electrons. The molecular formula is C21H22F3N3O. The quantitative estimate of drug-likeness (QED) is 0.820. The average molecular weight is 389 g/mol. The smallest absolute Gasteiger partial charge is 0.253 e. The monoisotopic (exact) mass is 389 g/mol. The molecule has 2 aromatic rings. The number of nitrogens with zero attached hydrogens (tertiary/aromatic N) is 2. The molecule has 2 fully saturated rings. The maximum atomic E-state index is 13.4. The van der Waals surface area contributed by atoms with Crippen molar-refractivity contribution in [2.75, 3.05) is 39.3 Å². The number of nitrogens with one attached hydrogen (secondary N) is 1. The van der Waals surface area contributed by atoms with E-state index in [4.69, 9.17) is 0 Å². The molecule has 0 aromatic heterocycles. The van der Waals surface area contributed by atoms with E-state index in [-0.39, 0.29) is 11.5 Å². The number of piperazine rings is 1. The van der Waals surface area contributed by atoms with Crippen LogP contribution in [-0.4, -0.2) is 61.0 Å². The molecule has 0 bridgehead atoms. The van der Waals surface area contributed by atoms with Crippen LogP contribution in [0.4, 0.5) is 13.2 Å². The molecule has 7 heteroatoms. The van der Waals surface area contributed by atoms with E-state index in [0.717, 1.165) is 57.8 Å². The van der Waals surface area contributed by atoms with E-state index in [1.54, 1.807) is 24.3 Å². The van der Waals surface area contributed by atoms with E-state index in [1.165, 1.54) is 0 Å². The average Bonchev–Trinajstić information content (AvgIpc) is 3.22. The van der Waals surface area contributed by atoms with Crippen molar-refractivity contribution < 1.29 is 18.0 Å². The summed E-state index contributed by atoms with van der Waals surface area (Å²) in [6.07, 6.45) is 0.970. The summed E-state index contributed by atoms with van der Waals surface area (Å²) in [5, 5.41) is 3.34. The predicted molar refractivity (Wildman–Crippen MR) is 101 cm³/mol. The van der Waals surface area contributed by atoms with Crippen molar-refractivity contribution in [1.29, 1.82) is 0 Å². The highest BCUT2D eigenvalue weighted by Gasteiger charge is 2.31. The molecule has 1 unspecified atom stereocenters. The van der Waals surface area contributed by atoms with Gasteiger partial charge in [-0.25, -0.2) is 13.2 Å². The normalized spacial score (nSPS) is 20.5. The van der Waals surface area contributed by atoms with E-state index >= 15 is 0 Å². The molecule has 148 valence electrons. The Hall–Kier alpha value is -2.38. The highest BCUT2D eigenvalue weighted by Crippen LogP contribution is 2.25. The molecule has 0 aliphatic carbocycles. The first-order valence-corrected chi connectivity index (χ1v) is 9.52. The number of carbonyl (C=O) groups excluding carboxylic acids is 1. The number of amides is 1. The van der Waals surface area contributed by atoms with E-state index in [9.17, 15) is 18.0 Å². The summed E-state index contributed by atoms with van der Waals surface area (Å²) >= 11 is 0. The van der Waals surface area contributed by atoms with Crippen LogP contribution in [0.15, 0.2) is 36.4 Å². The zero-order valence-electron chi connectivity index (χ0n) is 15.4. The summed E-state index contributed by atoms with van der Waals surface area (Å²) in [6, 6.07) is 8.85. The lowest BCUT2D eigenvalue weighted by atomic mass is 10.0. The summed E-state index contributed by atoms with van der Waals surface area (Å²) in [6.45, 7) is 5.42. The molecular weight excluding hydrogens is 367 g/mol. The Labute approximate surface area is 161 Å². The van der Waals surface area contributed by atoms with Crippen LogP contribution in [0.3, 0.4) is 0 Å². The maximum Gasteiger partial charge on any atom is 0.253 e. The highest BCUT2D eigenvalue weighted by atomic mass is 19.2. The number of likely N-dealkylation sites (tertiary alicyclic amines) is 1. The van der Waals surface area contributed by atoms with Crippen molar-refractivity contribution >= 4 is 5.91 Å². The fourth-order valence-electron chi connectivity index (χ4n) is 3.98. The van der Waals surface area contributed by atoms with Crippen LogP contribution < -0.4 is 5.32 Å². The zero-order valence-corrected chi connectivity index (χ0v) is 15.4. The van der Waals surface area contributed by atoms with Crippen LogP contribution >= 0.6 is 0 Å². The van der Waals surface area contributed by atoms with Crippen molar-refractivity contribution in [1.82, 2.24) is 15.1 Å². The Morgan fingerprint density at radius 2 is 1.57 bits per heavy atom. The minimum absolute atomic E-state index is 0.0411. The maximum absolute atomic E-state index is 13.4. The van der Waals surface area contributed by atoms with E-state index < -0.39 is 17.5 Å². The van der Waals surface area contributed by atoms with Gasteiger partial charge in [-0.15, -0.1) is 0 Å². The van der Waals surface area contributed by atoms with Crippen LogP contribution in [0.5, 0.6) is 0 Å². The number of rotatable bonds is 3. The van der Waals surface area contributed by atoms with Gasteiger partial charge in [0.15, 0.2) is 17.5 Å². The number of hydrogen-bond donors (Lipinski definition) is 1. The van der Waals surface area contributed by atoms with Gasteiger partial charge in [0.05, 0.1) is 0 Å². The first-order valence-electron chi connectivity index (χ1n) is 9.52. The lowest BCUT2D eigenvalue weighted by Gasteiger charge is -2.32. The lowest BCUT2D eigenvalue weighted by Crippen LogP contribution is -2.49. The summed E-state index contributed by atoms with van der Waals surface area (Å²) in [4.78, 5) is 17.1. The number of halogens is 3. The van der Waals surface area contributed by atoms with Crippen LogP contribution in [0.25, 0.3) is 11.1 Å². The van der Waals surface area contributed by atoms with Gasteiger partial charge in [-0.1, -0.05) is 12.1 Å². The van der Waals surface area contributed by atoms with Crippen molar-refractivity contribution in [3.8, 4) is 11.1 Å². The summed E-state index contributed by atoms with van der Waals surface area (Å²) in [5.41, 5.74) is 1.29. The summed E-state index contributed by atoms with van der Waals surface area (Å²) in [7, 11) is 0. The van der Waals surface area contributed by atoms with Gasteiger partial charge in [-0.2, -0.15) is 0 Å². The third-order valence-electron chi connectivity index (χ3n) is 5.57. The van der Waals surface area contributed by atoms with E-state index in [2.05, 4.69) is 10.2 Å². The topological polar surface area (TPSA) is 35.6 Å². The molecule has 4 nitrogen and oxygen atoms in total. The van der Waals surface area contributed by atoms with Gasteiger partial charge in [0.25, 0.3) is 5.91 Å². The number of benzene rings is 2. The van der Waals surface area contributed by atoms with Gasteiger partial charge < -0.3 is 10.2 Å². The van der Waals surface area contributed by atoms with Gasteiger partial charge in [0, 0.05) is 50.9 Å². The van der Waals surface area contributed by atoms with Gasteiger partial charge >= 0.3 is 0 Å². The largest absolute Gasteiger partial charge is 0.337 e. The van der Waals surface area contributed by atoms with Gasteiger partial charge in [-0.3, -0.25) is 9.69 Å². The first kappa shape index (κ1) is 19.0. The standard InChI is InChI=1S/C21H22F3N3O/c22-18-11-16(12-19(23)20(18)24)14-1-3-15(4-2-14)21(28)27-8-5-17(13-27)26-9-6-25-7-10-26/h1-4,11-12,17,25H,5-10,13H2. The molecule has 0 saturated carbocycles. The third kappa shape index (κ3) is 3.77. The molecule has 2 aliphatic rings. The molecule has 1 atom stereocenters. The zero-order chi connectivity index (χ0) is 19.7. The molecule has 1 N–H and O–H groups in total. The van der Waals surface area contributed by atoms with E-state index in [1.807, 2.05) is 4.90 Å². The van der Waals surface area contributed by atoms with Crippen LogP contribution in [-0.2, 0) is 0 Å². The second-order valence-corrected chi connectivity index (χ2v) is 7.31. The van der Waals surface area contributed by atoms with Crippen LogP contribution in [0, 0.1) is 17.5 Å². The second kappa shape index (κ2) is 7.93. The van der Waals surface area contributed by atoms with Crippen LogP contribution in [0.1, 0.15) is 16.8 Å². The van der Waals surface area contributed by atoms with Crippen molar-refractivity contribution in [3.63, 3.8) is 0 Å². The molecule has 2 heterocycles. The molecule has 28 heavy (non-hydrogen) atoms. The summed E-state index contributed by atoms with van der Waals surface area (Å²) in [5.74, 6) is -3.98. The lowest BCUT2D eigenvalue weighted by molar-refractivity contribution is 0.0773. The first-order chi connectivity index (χ1) is 13.5. The third-order valence-corrected chi connectivity index (χ3v) is 5.57. The Balaban J connectivity index is 1.44. The van der Waals surface area contributed by atoms with Crippen molar-refractivity contribution in [2.24, 2.45) is 0 Å². The summed E-state index contributed by atoms with van der Waals surface area (Å²) < 4.78 is 40.0. The molecule has 2 aromatic carbocycles. The van der Waals surface area contributed by atoms with Crippen molar-refractivity contribution in [2.45, 2.75) is 12.5 Å². The Morgan fingerprint density at radius 3 is 2.21 bits per heavy atom. The minimum atomic E-state index is -1.48. The van der Waals surface area contributed by atoms with Gasteiger partial charge in [-0.05, 0) is 41.8 Å². The van der Waals surface area contributed by atoms with Gasteiger partial charge in [0.2, 0.25) is 0 Å². The Morgan fingerprint density at radius 1 is 0.929 bits per heavy atom. The fraction of sp³-hybridized carbons (Fsp3) is 0.381. The molecule has 2 saturated heterocycles. The predicted octanol–water partition coefficient (Wildman–Crippen LogP) is 2.89. The number of hydrogen-bond acceptors (Lipinski definition) is 3. The Bertz CT molecular complexity index is 843. The van der Waals surface area contributed by atoms with Crippen molar-refractivity contribution in [3.05, 3.63) is 59.4 Å². The Kier molecular flexibility index (Phi) is 5.37. The van der Waals surface area contributed by atoms with E-state index in [0.29, 0.717) is 17.2 Å². The minimum Gasteiger partial charge on any atom is -0.337 e. The molecule has 4 rings (SSSR count). The number of carbonyl (C=O) groups is 1. The molecule has 0 spiro atoms. The molecule has 2 aliphatic heterocycles. The van der Waals surface area contributed by atoms with Crippen LogP contribution in [0.2, 0.25) is 0 Å². The second-order valence-electron chi connectivity index (χ2n) is 7.31.